The van der Waals surface area contributed by atoms with Gasteiger partial charge >= 0.3 is 6.18 Å². The summed E-state index contributed by atoms with van der Waals surface area (Å²) in [7, 11) is 0. The Morgan fingerprint density at radius 2 is 1.53 bits per heavy atom. The van der Waals surface area contributed by atoms with Crippen LogP contribution in [0.4, 0.5) is 34.6 Å². The molecular weight excluding hydrogens is 498 g/mol. The Labute approximate surface area is 214 Å². The van der Waals surface area contributed by atoms with Gasteiger partial charge in [0.1, 0.15) is 5.82 Å². The number of fused-ring (bicyclic) bond motifs is 3. The van der Waals surface area contributed by atoms with E-state index in [0.29, 0.717) is 16.9 Å². The Hall–Kier alpha value is -4.66. The Bertz CT molecular complexity index is 1600. The normalized spacial score (nSPS) is 18.4. The highest BCUT2D eigenvalue weighted by Crippen LogP contribution is 2.50. The number of benzene rings is 4. The molecule has 0 bridgehead atoms. The molecule has 4 aromatic rings. The van der Waals surface area contributed by atoms with Gasteiger partial charge in [-0.25, -0.2) is 4.39 Å². The maximum Gasteiger partial charge on any atom is 0.416 e. The molecule has 0 fully saturated rings. The fraction of sp³-hybridized carbons (Fsp3) is 0.103. The summed E-state index contributed by atoms with van der Waals surface area (Å²) >= 11 is 0. The summed E-state index contributed by atoms with van der Waals surface area (Å²) in [5.74, 6) is -1.77. The summed E-state index contributed by atoms with van der Waals surface area (Å²) < 4.78 is 55.6. The SMILES string of the molecule is O=C1c2ccccc2NC2(C(=O)N(Cc3ccccc3F)c3ccccc32)N1c1cccc(C(F)(F)F)c1. The van der Waals surface area contributed by atoms with Gasteiger partial charge in [0.05, 0.1) is 23.4 Å². The highest BCUT2D eigenvalue weighted by Gasteiger charge is 2.59. The van der Waals surface area contributed by atoms with Crippen molar-refractivity contribution in [3.05, 3.63) is 125 Å². The summed E-state index contributed by atoms with van der Waals surface area (Å²) in [4.78, 5) is 30.8. The summed E-state index contributed by atoms with van der Waals surface area (Å²) in [6.07, 6.45) is -4.66. The zero-order chi connectivity index (χ0) is 26.7. The molecule has 0 aromatic heterocycles. The standard InChI is InChI=1S/C29H19F4N3O2/c30-23-13-4-1-8-18(23)17-35-25-15-6-3-12-22(25)28(27(35)38)34-24-14-5-2-11-21(24)26(37)36(28)20-10-7-9-19(16-20)29(31,32)33/h1-16,34H,17H2. The third kappa shape index (κ3) is 3.46. The van der Waals surface area contributed by atoms with Crippen LogP contribution in [0.25, 0.3) is 0 Å². The molecular formula is C29H19F4N3O2. The molecule has 1 unspecified atom stereocenters. The molecule has 1 atom stereocenters. The van der Waals surface area contributed by atoms with Gasteiger partial charge in [0.25, 0.3) is 11.8 Å². The van der Waals surface area contributed by atoms with Crippen molar-refractivity contribution in [3.63, 3.8) is 0 Å². The predicted octanol–water partition coefficient (Wildman–Crippen LogP) is 6.32. The number of carbonyl (C=O) groups excluding carboxylic acids is 2. The first kappa shape index (κ1) is 23.7. The summed E-state index contributed by atoms with van der Waals surface area (Å²) in [6, 6.07) is 23.5. The lowest BCUT2D eigenvalue weighted by Gasteiger charge is -2.45. The van der Waals surface area contributed by atoms with Gasteiger partial charge in [-0.2, -0.15) is 13.2 Å². The minimum atomic E-state index is -4.66. The van der Waals surface area contributed by atoms with Crippen molar-refractivity contribution in [1.29, 1.82) is 0 Å². The molecule has 0 aliphatic carbocycles. The Morgan fingerprint density at radius 3 is 2.32 bits per heavy atom. The number of amides is 2. The third-order valence-corrected chi connectivity index (χ3v) is 6.87. The van der Waals surface area contributed by atoms with E-state index in [-0.39, 0.29) is 23.4 Å². The number of hydrogen-bond acceptors (Lipinski definition) is 3. The first-order valence-electron chi connectivity index (χ1n) is 11.8. The van der Waals surface area contributed by atoms with Crippen LogP contribution in [0.5, 0.6) is 0 Å². The zero-order valence-electron chi connectivity index (χ0n) is 19.7. The Balaban J connectivity index is 1.59. The van der Waals surface area contributed by atoms with E-state index >= 15 is 0 Å². The molecule has 4 aromatic carbocycles. The van der Waals surface area contributed by atoms with Crippen molar-refractivity contribution in [1.82, 2.24) is 0 Å². The van der Waals surface area contributed by atoms with Crippen molar-refractivity contribution in [2.75, 3.05) is 15.1 Å². The van der Waals surface area contributed by atoms with Crippen LogP contribution in [0.1, 0.15) is 27.0 Å². The molecule has 0 radical (unpaired) electrons. The van der Waals surface area contributed by atoms with Gasteiger partial charge in [-0.3, -0.25) is 14.5 Å². The molecule has 2 heterocycles. The van der Waals surface area contributed by atoms with E-state index in [1.165, 1.54) is 29.2 Å². The molecule has 5 nitrogen and oxygen atoms in total. The molecule has 2 amide bonds. The van der Waals surface area contributed by atoms with Crippen LogP contribution >= 0.6 is 0 Å². The van der Waals surface area contributed by atoms with Gasteiger partial charge in [0, 0.05) is 22.5 Å². The number of alkyl halides is 3. The lowest BCUT2D eigenvalue weighted by Crippen LogP contribution is -2.63. The second-order valence-corrected chi connectivity index (χ2v) is 9.07. The van der Waals surface area contributed by atoms with Gasteiger partial charge in [0.15, 0.2) is 0 Å². The van der Waals surface area contributed by atoms with E-state index in [1.54, 1.807) is 60.7 Å². The Morgan fingerprint density at radius 1 is 0.816 bits per heavy atom. The molecule has 0 saturated heterocycles. The van der Waals surface area contributed by atoms with Crippen molar-refractivity contribution in [3.8, 4) is 0 Å². The number of rotatable bonds is 3. The lowest BCUT2D eigenvalue weighted by molar-refractivity contribution is -0.137. The molecule has 1 N–H and O–H groups in total. The predicted molar refractivity (Wildman–Crippen MR) is 134 cm³/mol. The first-order chi connectivity index (χ1) is 18.2. The minimum absolute atomic E-state index is 0.109. The summed E-state index contributed by atoms with van der Waals surface area (Å²) in [6.45, 7) is -0.141. The van der Waals surface area contributed by atoms with Crippen LogP contribution in [-0.4, -0.2) is 11.8 Å². The molecule has 6 rings (SSSR count). The van der Waals surface area contributed by atoms with Gasteiger partial charge in [-0.15, -0.1) is 0 Å². The van der Waals surface area contributed by atoms with Crippen LogP contribution in [0.2, 0.25) is 0 Å². The number of anilines is 3. The average molecular weight is 517 g/mol. The van der Waals surface area contributed by atoms with Crippen molar-refractivity contribution in [2.45, 2.75) is 18.4 Å². The number of para-hydroxylation sites is 2. The Kier molecular flexibility index (Phi) is 5.27. The minimum Gasteiger partial charge on any atom is -0.350 e. The first-order valence-corrected chi connectivity index (χ1v) is 11.8. The fourth-order valence-corrected chi connectivity index (χ4v) is 5.16. The van der Waals surface area contributed by atoms with Crippen molar-refractivity contribution < 1.29 is 27.2 Å². The van der Waals surface area contributed by atoms with Gasteiger partial charge in [-0.1, -0.05) is 54.6 Å². The van der Waals surface area contributed by atoms with Crippen molar-refractivity contribution in [2.24, 2.45) is 0 Å². The van der Waals surface area contributed by atoms with E-state index in [0.717, 1.165) is 17.0 Å². The van der Waals surface area contributed by atoms with Gasteiger partial charge in [0.2, 0.25) is 5.66 Å². The smallest absolute Gasteiger partial charge is 0.350 e. The summed E-state index contributed by atoms with van der Waals surface area (Å²) in [5, 5.41) is 3.18. The highest BCUT2D eigenvalue weighted by molar-refractivity contribution is 6.22. The third-order valence-electron chi connectivity index (χ3n) is 6.87. The number of nitrogens with zero attached hydrogens (tertiary/aromatic N) is 2. The van der Waals surface area contributed by atoms with E-state index in [4.69, 9.17) is 0 Å². The maximum absolute atomic E-state index is 14.6. The van der Waals surface area contributed by atoms with E-state index in [2.05, 4.69) is 5.32 Å². The molecule has 2 aliphatic rings. The van der Waals surface area contributed by atoms with Crippen LogP contribution in [0, 0.1) is 5.82 Å². The maximum atomic E-state index is 14.6. The fourth-order valence-electron chi connectivity index (χ4n) is 5.16. The van der Waals surface area contributed by atoms with E-state index in [9.17, 15) is 27.2 Å². The van der Waals surface area contributed by atoms with Gasteiger partial charge < -0.3 is 10.2 Å². The van der Waals surface area contributed by atoms with E-state index in [1.807, 2.05) is 0 Å². The van der Waals surface area contributed by atoms with Crippen LogP contribution in [0.15, 0.2) is 97.1 Å². The van der Waals surface area contributed by atoms with Crippen LogP contribution in [0.3, 0.4) is 0 Å². The average Bonchev–Trinajstić information content (AvgIpc) is 3.13. The molecule has 38 heavy (non-hydrogen) atoms. The molecule has 1 spiro atoms. The quantitative estimate of drug-likeness (QED) is 0.324. The van der Waals surface area contributed by atoms with Crippen LogP contribution < -0.4 is 15.1 Å². The number of halogens is 4. The largest absolute Gasteiger partial charge is 0.416 e. The lowest BCUT2D eigenvalue weighted by atomic mass is 9.92. The second kappa shape index (κ2) is 8.44. The molecule has 190 valence electrons. The summed E-state index contributed by atoms with van der Waals surface area (Å²) in [5.41, 5.74) is -1.39. The number of carbonyl (C=O) groups is 2. The topological polar surface area (TPSA) is 52.7 Å². The molecule has 2 aliphatic heterocycles. The highest BCUT2D eigenvalue weighted by atomic mass is 19.4. The second-order valence-electron chi connectivity index (χ2n) is 9.07. The number of nitrogens with one attached hydrogen (secondary N) is 1. The molecule has 9 heteroatoms. The van der Waals surface area contributed by atoms with E-state index < -0.39 is 35.0 Å². The zero-order valence-corrected chi connectivity index (χ0v) is 19.7. The molecule has 0 saturated carbocycles. The number of hydrogen-bond donors (Lipinski definition) is 1. The van der Waals surface area contributed by atoms with Gasteiger partial charge in [-0.05, 0) is 42.5 Å². The monoisotopic (exact) mass is 517 g/mol. The van der Waals surface area contributed by atoms with Crippen LogP contribution in [-0.2, 0) is 23.2 Å². The van der Waals surface area contributed by atoms with Crippen molar-refractivity contribution >= 4 is 28.9 Å².